The molecule has 0 saturated carbocycles. The van der Waals surface area contributed by atoms with Gasteiger partial charge in [0.15, 0.2) is 0 Å². The number of piperidine rings is 1. The van der Waals surface area contributed by atoms with Gasteiger partial charge in [0.1, 0.15) is 5.76 Å². The van der Waals surface area contributed by atoms with Crippen LogP contribution in [0.3, 0.4) is 0 Å². The van der Waals surface area contributed by atoms with Crippen LogP contribution in [-0.4, -0.2) is 24.5 Å². The van der Waals surface area contributed by atoms with E-state index in [0.29, 0.717) is 0 Å². The first-order chi connectivity index (χ1) is 7.25. The van der Waals surface area contributed by atoms with Crippen molar-refractivity contribution in [2.45, 2.75) is 25.8 Å². The maximum Gasteiger partial charge on any atom is 0.121 e. The summed E-state index contributed by atoms with van der Waals surface area (Å²) in [7, 11) is 0. The fourth-order valence-corrected chi connectivity index (χ4v) is 2.32. The minimum atomic E-state index is 0.0188. The summed E-state index contributed by atoms with van der Waals surface area (Å²) in [6, 6.07) is 3.87. The molecule has 1 aliphatic rings. The summed E-state index contributed by atoms with van der Waals surface area (Å²) in [4.78, 5) is 2.45. The molecule has 1 fully saturated rings. The quantitative estimate of drug-likeness (QED) is 0.826. The van der Waals surface area contributed by atoms with Gasteiger partial charge in [-0.25, -0.2) is 0 Å². The molecule has 0 bridgehead atoms. The Morgan fingerprint density at radius 3 is 3.20 bits per heavy atom. The molecular weight excluding hydrogens is 188 g/mol. The summed E-state index contributed by atoms with van der Waals surface area (Å²) in [6.07, 6.45) is 4.34. The van der Waals surface area contributed by atoms with Crippen LogP contribution in [0.15, 0.2) is 22.8 Å². The van der Waals surface area contributed by atoms with Crippen LogP contribution in [0.4, 0.5) is 0 Å². The maximum absolute atomic E-state index is 6.08. The normalized spacial score (nSPS) is 25.3. The van der Waals surface area contributed by atoms with Gasteiger partial charge in [0, 0.05) is 13.1 Å². The number of nitrogens with two attached hydrogens (primary N) is 1. The Kier molecular flexibility index (Phi) is 3.44. The highest BCUT2D eigenvalue weighted by Crippen LogP contribution is 2.18. The fourth-order valence-electron chi connectivity index (χ4n) is 2.32. The van der Waals surface area contributed by atoms with E-state index in [-0.39, 0.29) is 6.04 Å². The second kappa shape index (κ2) is 4.81. The van der Waals surface area contributed by atoms with E-state index in [2.05, 4.69) is 11.8 Å². The third-order valence-electron chi connectivity index (χ3n) is 3.10. The van der Waals surface area contributed by atoms with Gasteiger partial charge in [-0.05, 0) is 37.4 Å². The van der Waals surface area contributed by atoms with Crippen molar-refractivity contribution in [3.05, 3.63) is 24.2 Å². The van der Waals surface area contributed by atoms with E-state index in [0.717, 1.165) is 18.2 Å². The lowest BCUT2D eigenvalue weighted by molar-refractivity contribution is 0.170. The van der Waals surface area contributed by atoms with Gasteiger partial charge in [0.05, 0.1) is 12.3 Å². The van der Waals surface area contributed by atoms with E-state index in [9.17, 15) is 0 Å². The van der Waals surface area contributed by atoms with Gasteiger partial charge < -0.3 is 15.1 Å². The third-order valence-corrected chi connectivity index (χ3v) is 3.10. The Labute approximate surface area is 91.2 Å². The third kappa shape index (κ3) is 2.83. The van der Waals surface area contributed by atoms with Crippen LogP contribution in [0.25, 0.3) is 0 Å². The van der Waals surface area contributed by atoms with Crippen molar-refractivity contribution < 1.29 is 4.42 Å². The van der Waals surface area contributed by atoms with Crippen molar-refractivity contribution in [2.24, 2.45) is 11.7 Å². The predicted molar refractivity (Wildman–Crippen MR) is 60.5 cm³/mol. The van der Waals surface area contributed by atoms with Crippen molar-refractivity contribution in [3.63, 3.8) is 0 Å². The molecule has 0 aromatic carbocycles. The van der Waals surface area contributed by atoms with Crippen molar-refractivity contribution in [1.82, 2.24) is 4.90 Å². The van der Waals surface area contributed by atoms with Gasteiger partial charge in [0.25, 0.3) is 0 Å². The molecule has 2 N–H and O–H groups in total. The molecule has 0 radical (unpaired) electrons. The summed E-state index contributed by atoms with van der Waals surface area (Å²) in [5.74, 6) is 1.70. The lowest BCUT2D eigenvalue weighted by Gasteiger charge is -2.32. The van der Waals surface area contributed by atoms with Gasteiger partial charge in [-0.1, -0.05) is 6.92 Å². The number of nitrogens with zero attached hydrogens (tertiary/aromatic N) is 1. The van der Waals surface area contributed by atoms with Gasteiger partial charge in [-0.3, -0.25) is 0 Å². The lowest BCUT2D eigenvalue weighted by atomic mass is 10.00. The molecule has 1 aromatic heterocycles. The molecule has 2 atom stereocenters. The largest absolute Gasteiger partial charge is 0.468 e. The zero-order chi connectivity index (χ0) is 10.7. The zero-order valence-corrected chi connectivity index (χ0v) is 9.36. The molecule has 2 heterocycles. The smallest absolute Gasteiger partial charge is 0.121 e. The summed E-state index contributed by atoms with van der Waals surface area (Å²) in [5.41, 5.74) is 6.08. The molecule has 1 saturated heterocycles. The highest BCUT2D eigenvalue weighted by atomic mass is 16.3. The Morgan fingerprint density at radius 1 is 1.67 bits per heavy atom. The van der Waals surface area contributed by atoms with Crippen molar-refractivity contribution >= 4 is 0 Å². The van der Waals surface area contributed by atoms with Gasteiger partial charge in [-0.15, -0.1) is 0 Å². The summed E-state index contributed by atoms with van der Waals surface area (Å²) in [6.45, 7) is 5.58. The molecule has 15 heavy (non-hydrogen) atoms. The molecule has 0 aliphatic carbocycles. The lowest BCUT2D eigenvalue weighted by Crippen LogP contribution is -2.38. The standard InChI is InChI=1S/C12H20N2O/c1-10-4-2-6-14(8-10)9-11(13)12-5-3-7-15-12/h3,5,7,10-11H,2,4,6,8-9,13H2,1H3. The van der Waals surface area contributed by atoms with Gasteiger partial charge >= 0.3 is 0 Å². The summed E-state index contributed by atoms with van der Waals surface area (Å²) < 4.78 is 5.31. The highest BCUT2D eigenvalue weighted by molar-refractivity contribution is 5.04. The maximum atomic E-state index is 6.08. The van der Waals surface area contributed by atoms with Crippen LogP contribution in [0.5, 0.6) is 0 Å². The number of rotatable bonds is 3. The Bertz CT molecular complexity index is 284. The second-order valence-electron chi connectivity index (χ2n) is 4.63. The van der Waals surface area contributed by atoms with Crippen LogP contribution in [0, 0.1) is 5.92 Å². The number of furan rings is 1. The molecule has 1 aliphatic heterocycles. The molecule has 0 spiro atoms. The highest BCUT2D eigenvalue weighted by Gasteiger charge is 2.19. The molecule has 2 rings (SSSR count). The van der Waals surface area contributed by atoms with Crippen LogP contribution in [0.2, 0.25) is 0 Å². The van der Waals surface area contributed by atoms with E-state index in [1.54, 1.807) is 6.26 Å². The number of hydrogen-bond acceptors (Lipinski definition) is 3. The Morgan fingerprint density at radius 2 is 2.53 bits per heavy atom. The first kappa shape index (κ1) is 10.7. The van der Waals surface area contributed by atoms with Crippen molar-refractivity contribution in [3.8, 4) is 0 Å². The average Bonchev–Trinajstić information content (AvgIpc) is 2.70. The van der Waals surface area contributed by atoms with E-state index >= 15 is 0 Å². The SMILES string of the molecule is CC1CCCN(CC(N)c2ccco2)C1. The number of hydrogen-bond donors (Lipinski definition) is 1. The Balaban J connectivity index is 1.86. The topological polar surface area (TPSA) is 42.4 Å². The van der Waals surface area contributed by atoms with Crippen LogP contribution >= 0.6 is 0 Å². The molecule has 3 heteroatoms. The average molecular weight is 208 g/mol. The molecule has 0 amide bonds. The second-order valence-corrected chi connectivity index (χ2v) is 4.63. The molecule has 84 valence electrons. The van der Waals surface area contributed by atoms with E-state index in [1.165, 1.54) is 25.9 Å². The first-order valence-corrected chi connectivity index (χ1v) is 5.77. The van der Waals surface area contributed by atoms with E-state index in [4.69, 9.17) is 10.2 Å². The molecule has 3 nitrogen and oxygen atoms in total. The van der Waals surface area contributed by atoms with Crippen molar-refractivity contribution in [2.75, 3.05) is 19.6 Å². The minimum absolute atomic E-state index is 0.0188. The van der Waals surface area contributed by atoms with Gasteiger partial charge in [-0.2, -0.15) is 0 Å². The van der Waals surface area contributed by atoms with Gasteiger partial charge in [0.2, 0.25) is 0 Å². The summed E-state index contributed by atoms with van der Waals surface area (Å²) >= 11 is 0. The number of likely N-dealkylation sites (tertiary alicyclic amines) is 1. The Hall–Kier alpha value is -0.800. The first-order valence-electron chi connectivity index (χ1n) is 5.77. The fraction of sp³-hybridized carbons (Fsp3) is 0.667. The predicted octanol–water partition coefficient (Wildman–Crippen LogP) is 2.01. The molecule has 2 unspecified atom stereocenters. The van der Waals surface area contributed by atoms with Crippen LogP contribution in [-0.2, 0) is 0 Å². The van der Waals surface area contributed by atoms with Crippen molar-refractivity contribution in [1.29, 1.82) is 0 Å². The molecule has 1 aromatic rings. The minimum Gasteiger partial charge on any atom is -0.468 e. The monoisotopic (exact) mass is 208 g/mol. The van der Waals surface area contributed by atoms with E-state index in [1.807, 2.05) is 12.1 Å². The van der Waals surface area contributed by atoms with Crippen LogP contribution < -0.4 is 5.73 Å². The summed E-state index contributed by atoms with van der Waals surface area (Å²) in [5, 5.41) is 0. The zero-order valence-electron chi connectivity index (χ0n) is 9.36. The molecular formula is C12H20N2O. The van der Waals surface area contributed by atoms with Crippen LogP contribution in [0.1, 0.15) is 31.6 Å². The van der Waals surface area contributed by atoms with E-state index < -0.39 is 0 Å².